The Bertz CT molecular complexity index is 604. The van der Waals surface area contributed by atoms with Crippen LogP contribution in [0.5, 0.6) is 11.6 Å². The van der Waals surface area contributed by atoms with Crippen molar-refractivity contribution in [3.05, 3.63) is 40.8 Å². The molecule has 0 radical (unpaired) electrons. The van der Waals surface area contributed by atoms with Gasteiger partial charge >= 0.3 is 5.97 Å². The van der Waals surface area contributed by atoms with E-state index in [4.69, 9.17) is 15.6 Å². The van der Waals surface area contributed by atoms with Crippen LogP contribution < -0.4 is 10.5 Å². The predicted molar refractivity (Wildman–Crippen MR) is 67.6 cm³/mol. The van der Waals surface area contributed by atoms with E-state index in [1.165, 1.54) is 18.3 Å². The zero-order valence-corrected chi connectivity index (χ0v) is 10.6. The Kier molecular flexibility index (Phi) is 3.42. The van der Waals surface area contributed by atoms with E-state index in [1.807, 2.05) is 0 Å². The van der Waals surface area contributed by atoms with E-state index in [9.17, 15) is 4.79 Å². The monoisotopic (exact) mass is 309 g/mol. The molecule has 6 nitrogen and oxygen atoms in total. The van der Waals surface area contributed by atoms with Gasteiger partial charge in [0.2, 0.25) is 5.88 Å². The minimum absolute atomic E-state index is 0.0369. The molecule has 0 aliphatic carbocycles. The Balaban J connectivity index is 2.33. The number of nitrogens with two attached hydrogens (primary N) is 1. The summed E-state index contributed by atoms with van der Waals surface area (Å²) in [7, 11) is 0. The van der Waals surface area contributed by atoms with Crippen molar-refractivity contribution in [3.8, 4) is 11.6 Å². The lowest BCUT2D eigenvalue weighted by Gasteiger charge is -2.07. The van der Waals surface area contributed by atoms with Gasteiger partial charge in [-0.1, -0.05) is 0 Å². The fourth-order valence-corrected chi connectivity index (χ4v) is 1.56. The molecular formula is C11H8BrN3O3. The molecule has 0 aliphatic rings. The molecule has 3 N–H and O–H groups in total. The zero-order chi connectivity index (χ0) is 13.1. The van der Waals surface area contributed by atoms with Crippen LogP contribution in [0.3, 0.4) is 0 Å². The molecule has 2 aromatic heterocycles. The van der Waals surface area contributed by atoms with E-state index < -0.39 is 5.97 Å². The van der Waals surface area contributed by atoms with Crippen molar-refractivity contribution in [1.82, 2.24) is 9.97 Å². The Morgan fingerprint density at radius 3 is 2.83 bits per heavy atom. The predicted octanol–water partition coefficient (Wildman–Crippen LogP) is 2.31. The number of hydrogen-bond acceptors (Lipinski definition) is 5. The molecule has 0 unspecified atom stereocenters. The van der Waals surface area contributed by atoms with Gasteiger partial charge in [-0.2, -0.15) is 0 Å². The number of aromatic carboxylic acids is 1. The number of pyridine rings is 2. The maximum absolute atomic E-state index is 10.8. The first-order valence-electron chi connectivity index (χ1n) is 4.84. The lowest BCUT2D eigenvalue weighted by molar-refractivity contribution is 0.0689. The first-order chi connectivity index (χ1) is 8.56. The number of carboxylic acids is 1. The Labute approximate surface area is 111 Å². The summed E-state index contributed by atoms with van der Waals surface area (Å²) in [5.41, 5.74) is 5.78. The molecule has 0 aromatic carbocycles. The highest BCUT2D eigenvalue weighted by Crippen LogP contribution is 2.26. The molecule has 0 saturated heterocycles. The molecule has 0 spiro atoms. The Morgan fingerprint density at radius 1 is 1.39 bits per heavy atom. The highest BCUT2D eigenvalue weighted by Gasteiger charge is 2.10. The van der Waals surface area contributed by atoms with Gasteiger partial charge in [0.15, 0.2) is 5.69 Å². The van der Waals surface area contributed by atoms with Crippen molar-refractivity contribution < 1.29 is 14.6 Å². The normalized spacial score (nSPS) is 10.1. The minimum atomic E-state index is -1.15. The smallest absolute Gasteiger partial charge is 0.354 e. The molecule has 0 amide bonds. The SMILES string of the molecule is Nc1ccc(C(=O)O)nc1Oc1cncc(Br)c1. The van der Waals surface area contributed by atoms with Gasteiger partial charge in [0, 0.05) is 10.7 Å². The molecule has 2 aromatic rings. The van der Waals surface area contributed by atoms with E-state index in [-0.39, 0.29) is 17.3 Å². The first kappa shape index (κ1) is 12.3. The van der Waals surface area contributed by atoms with Crippen LogP contribution in [0.15, 0.2) is 35.1 Å². The molecule has 0 aliphatic heterocycles. The fraction of sp³-hybridized carbons (Fsp3) is 0. The second-order valence-corrected chi connectivity index (χ2v) is 4.25. The number of carboxylic acid groups (broad SMARTS) is 1. The first-order valence-corrected chi connectivity index (χ1v) is 5.64. The summed E-state index contributed by atoms with van der Waals surface area (Å²) in [6.45, 7) is 0. The van der Waals surface area contributed by atoms with Gasteiger partial charge in [0.25, 0.3) is 0 Å². The Morgan fingerprint density at radius 2 is 2.17 bits per heavy atom. The highest BCUT2D eigenvalue weighted by molar-refractivity contribution is 9.10. The van der Waals surface area contributed by atoms with Crippen LogP contribution in [-0.4, -0.2) is 21.0 Å². The topological polar surface area (TPSA) is 98.3 Å². The van der Waals surface area contributed by atoms with E-state index in [2.05, 4.69) is 25.9 Å². The van der Waals surface area contributed by atoms with Crippen LogP contribution in [0.1, 0.15) is 10.5 Å². The van der Waals surface area contributed by atoms with Crippen molar-refractivity contribution in [1.29, 1.82) is 0 Å². The average Bonchev–Trinajstić information content (AvgIpc) is 2.31. The van der Waals surface area contributed by atoms with E-state index in [0.717, 1.165) is 4.47 Å². The van der Waals surface area contributed by atoms with Crippen molar-refractivity contribution in [3.63, 3.8) is 0 Å². The molecule has 0 bridgehead atoms. The molecule has 92 valence electrons. The summed E-state index contributed by atoms with van der Waals surface area (Å²) < 4.78 is 6.12. The third-order valence-electron chi connectivity index (χ3n) is 2.00. The van der Waals surface area contributed by atoms with Gasteiger partial charge in [0.1, 0.15) is 5.75 Å². The summed E-state index contributed by atoms with van der Waals surface area (Å²) in [5.74, 6) is -0.701. The van der Waals surface area contributed by atoms with Crippen molar-refractivity contribution in [2.75, 3.05) is 5.73 Å². The average molecular weight is 310 g/mol. The molecule has 2 rings (SSSR count). The van der Waals surface area contributed by atoms with Crippen LogP contribution in [0.25, 0.3) is 0 Å². The van der Waals surface area contributed by atoms with Gasteiger partial charge in [-0.05, 0) is 34.1 Å². The minimum Gasteiger partial charge on any atom is -0.477 e. The summed E-state index contributed by atoms with van der Waals surface area (Å²) in [4.78, 5) is 18.5. The number of aromatic nitrogens is 2. The molecule has 0 saturated carbocycles. The largest absolute Gasteiger partial charge is 0.477 e. The third kappa shape index (κ3) is 2.75. The number of halogens is 1. The van der Waals surface area contributed by atoms with Crippen LogP contribution in [0, 0.1) is 0 Å². The molecule has 18 heavy (non-hydrogen) atoms. The van der Waals surface area contributed by atoms with Gasteiger partial charge in [-0.3, -0.25) is 4.98 Å². The molecule has 2 heterocycles. The lowest BCUT2D eigenvalue weighted by Crippen LogP contribution is -2.03. The molecular weight excluding hydrogens is 302 g/mol. The van der Waals surface area contributed by atoms with Gasteiger partial charge in [0.05, 0.1) is 11.9 Å². The molecule has 0 fully saturated rings. The third-order valence-corrected chi connectivity index (χ3v) is 2.44. The summed E-state index contributed by atoms with van der Waals surface area (Å²) in [5, 5.41) is 8.83. The number of ether oxygens (including phenoxy) is 1. The van der Waals surface area contributed by atoms with Gasteiger partial charge < -0.3 is 15.6 Å². The van der Waals surface area contributed by atoms with E-state index in [1.54, 1.807) is 12.3 Å². The fourth-order valence-electron chi connectivity index (χ4n) is 1.21. The van der Waals surface area contributed by atoms with Crippen molar-refractivity contribution in [2.24, 2.45) is 0 Å². The quantitative estimate of drug-likeness (QED) is 0.902. The summed E-state index contributed by atoms with van der Waals surface area (Å²) >= 11 is 3.24. The summed E-state index contributed by atoms with van der Waals surface area (Å²) in [6, 6.07) is 4.41. The van der Waals surface area contributed by atoms with Crippen LogP contribution in [-0.2, 0) is 0 Å². The standard InChI is InChI=1S/C11H8BrN3O3/c12-6-3-7(5-14-4-6)18-10-8(13)1-2-9(15-10)11(16)17/h1-5H,13H2,(H,16,17). The van der Waals surface area contributed by atoms with Gasteiger partial charge in [-0.15, -0.1) is 0 Å². The lowest BCUT2D eigenvalue weighted by atomic mass is 10.3. The van der Waals surface area contributed by atoms with Crippen molar-refractivity contribution in [2.45, 2.75) is 0 Å². The number of carbonyl (C=O) groups is 1. The number of anilines is 1. The van der Waals surface area contributed by atoms with Gasteiger partial charge in [-0.25, -0.2) is 9.78 Å². The second kappa shape index (κ2) is 5.01. The second-order valence-electron chi connectivity index (χ2n) is 3.34. The number of hydrogen-bond donors (Lipinski definition) is 2. The molecule has 0 atom stereocenters. The molecule has 7 heteroatoms. The highest BCUT2D eigenvalue weighted by atomic mass is 79.9. The van der Waals surface area contributed by atoms with E-state index in [0.29, 0.717) is 5.75 Å². The van der Waals surface area contributed by atoms with Crippen LogP contribution in [0.4, 0.5) is 5.69 Å². The number of nitrogen functional groups attached to an aromatic ring is 1. The maximum atomic E-state index is 10.8. The Hall–Kier alpha value is -2.15. The zero-order valence-electron chi connectivity index (χ0n) is 9.00. The maximum Gasteiger partial charge on any atom is 0.354 e. The summed E-state index contributed by atoms with van der Waals surface area (Å²) in [6.07, 6.45) is 3.07. The van der Waals surface area contributed by atoms with Crippen molar-refractivity contribution >= 4 is 27.6 Å². The number of nitrogens with zero attached hydrogens (tertiary/aromatic N) is 2. The van der Waals surface area contributed by atoms with Crippen LogP contribution >= 0.6 is 15.9 Å². The number of rotatable bonds is 3. The van der Waals surface area contributed by atoms with E-state index >= 15 is 0 Å². The van der Waals surface area contributed by atoms with Crippen LogP contribution in [0.2, 0.25) is 0 Å².